The summed E-state index contributed by atoms with van der Waals surface area (Å²) in [6, 6.07) is 8.69. The number of rotatable bonds is 2. The van der Waals surface area contributed by atoms with Crippen molar-refractivity contribution in [3.05, 3.63) is 35.4 Å². The van der Waals surface area contributed by atoms with E-state index in [0.717, 1.165) is 26.1 Å². The van der Waals surface area contributed by atoms with Gasteiger partial charge < -0.3 is 10.5 Å². The summed E-state index contributed by atoms with van der Waals surface area (Å²) < 4.78 is 5.58. The van der Waals surface area contributed by atoms with E-state index in [1.165, 1.54) is 11.1 Å². The van der Waals surface area contributed by atoms with E-state index in [0.29, 0.717) is 6.54 Å². The topological polar surface area (TPSA) is 35.2 Å². The Kier molecular flexibility index (Phi) is 3.08. The summed E-state index contributed by atoms with van der Waals surface area (Å²) in [5.41, 5.74) is 8.61. The molecule has 15 heavy (non-hydrogen) atoms. The molecule has 1 aromatic carbocycles. The lowest BCUT2D eigenvalue weighted by atomic mass is 9.76. The zero-order valence-corrected chi connectivity index (χ0v) is 9.33. The Morgan fingerprint density at radius 2 is 2.07 bits per heavy atom. The van der Waals surface area contributed by atoms with Crippen LogP contribution in [-0.2, 0) is 10.2 Å². The third kappa shape index (κ3) is 2.06. The van der Waals surface area contributed by atoms with Crippen LogP contribution in [0, 0.1) is 6.92 Å². The van der Waals surface area contributed by atoms with Crippen LogP contribution in [0.1, 0.15) is 24.0 Å². The van der Waals surface area contributed by atoms with E-state index in [1.54, 1.807) is 0 Å². The van der Waals surface area contributed by atoms with Crippen LogP contribution in [0.2, 0.25) is 0 Å². The van der Waals surface area contributed by atoms with Gasteiger partial charge in [-0.25, -0.2) is 0 Å². The molecule has 1 aromatic rings. The summed E-state index contributed by atoms with van der Waals surface area (Å²) >= 11 is 0. The van der Waals surface area contributed by atoms with E-state index in [1.807, 2.05) is 0 Å². The lowest BCUT2D eigenvalue weighted by Gasteiger charge is -2.36. The van der Waals surface area contributed by atoms with Gasteiger partial charge in [0, 0.05) is 18.6 Å². The van der Waals surface area contributed by atoms with Crippen LogP contribution in [-0.4, -0.2) is 19.8 Å². The second-order valence-corrected chi connectivity index (χ2v) is 4.51. The van der Waals surface area contributed by atoms with Crippen molar-refractivity contribution in [1.82, 2.24) is 0 Å². The number of benzene rings is 1. The van der Waals surface area contributed by atoms with Crippen molar-refractivity contribution >= 4 is 0 Å². The largest absolute Gasteiger partial charge is 0.380 e. The van der Waals surface area contributed by atoms with Gasteiger partial charge in [-0.3, -0.25) is 0 Å². The van der Waals surface area contributed by atoms with E-state index < -0.39 is 0 Å². The molecule has 0 radical (unpaired) electrons. The fourth-order valence-corrected chi connectivity index (χ4v) is 2.27. The first-order valence-corrected chi connectivity index (χ1v) is 5.62. The minimum Gasteiger partial charge on any atom is -0.380 e. The van der Waals surface area contributed by atoms with Crippen LogP contribution >= 0.6 is 0 Å². The zero-order valence-electron chi connectivity index (χ0n) is 9.33. The van der Waals surface area contributed by atoms with E-state index in [9.17, 15) is 0 Å². The van der Waals surface area contributed by atoms with Crippen LogP contribution < -0.4 is 5.73 Å². The van der Waals surface area contributed by atoms with Crippen molar-refractivity contribution in [2.75, 3.05) is 19.8 Å². The van der Waals surface area contributed by atoms with Crippen LogP contribution in [0.25, 0.3) is 0 Å². The van der Waals surface area contributed by atoms with E-state index in [-0.39, 0.29) is 5.41 Å². The van der Waals surface area contributed by atoms with Crippen LogP contribution in [0.15, 0.2) is 24.3 Å². The third-order valence-corrected chi connectivity index (χ3v) is 3.38. The van der Waals surface area contributed by atoms with Crippen LogP contribution in [0.4, 0.5) is 0 Å². The SMILES string of the molecule is Cc1ccc(C2(CN)CCCOC2)cc1. The molecule has 2 nitrogen and oxygen atoms in total. The highest BCUT2D eigenvalue weighted by Gasteiger charge is 2.33. The molecule has 0 bridgehead atoms. The van der Waals surface area contributed by atoms with Crippen molar-refractivity contribution in [1.29, 1.82) is 0 Å². The summed E-state index contributed by atoms with van der Waals surface area (Å²) in [7, 11) is 0. The van der Waals surface area contributed by atoms with Gasteiger partial charge in [-0.2, -0.15) is 0 Å². The maximum Gasteiger partial charge on any atom is 0.0575 e. The first-order valence-electron chi connectivity index (χ1n) is 5.62. The lowest BCUT2D eigenvalue weighted by Crippen LogP contribution is -2.42. The molecule has 0 aromatic heterocycles. The van der Waals surface area contributed by atoms with Gasteiger partial charge >= 0.3 is 0 Å². The maximum absolute atomic E-state index is 5.93. The molecular formula is C13H19NO. The van der Waals surface area contributed by atoms with Crippen molar-refractivity contribution in [2.45, 2.75) is 25.2 Å². The van der Waals surface area contributed by atoms with Crippen molar-refractivity contribution in [3.63, 3.8) is 0 Å². The first-order chi connectivity index (χ1) is 7.27. The summed E-state index contributed by atoms with van der Waals surface area (Å²) in [5.74, 6) is 0. The summed E-state index contributed by atoms with van der Waals surface area (Å²) in [4.78, 5) is 0. The monoisotopic (exact) mass is 205 g/mol. The fourth-order valence-electron chi connectivity index (χ4n) is 2.27. The van der Waals surface area contributed by atoms with Gasteiger partial charge in [-0.1, -0.05) is 29.8 Å². The van der Waals surface area contributed by atoms with Gasteiger partial charge in [0.1, 0.15) is 0 Å². The minimum atomic E-state index is 0.0615. The molecule has 1 aliphatic rings. The molecule has 2 rings (SSSR count). The Labute approximate surface area is 91.4 Å². The fraction of sp³-hybridized carbons (Fsp3) is 0.538. The highest BCUT2D eigenvalue weighted by molar-refractivity contribution is 5.29. The Bertz CT molecular complexity index is 312. The smallest absolute Gasteiger partial charge is 0.0575 e. The molecule has 1 heterocycles. The second-order valence-electron chi connectivity index (χ2n) is 4.51. The highest BCUT2D eigenvalue weighted by Crippen LogP contribution is 2.32. The first kappa shape index (κ1) is 10.7. The average molecular weight is 205 g/mol. The van der Waals surface area contributed by atoms with Gasteiger partial charge in [0.25, 0.3) is 0 Å². The average Bonchev–Trinajstić information content (AvgIpc) is 2.31. The highest BCUT2D eigenvalue weighted by atomic mass is 16.5. The van der Waals surface area contributed by atoms with E-state index in [4.69, 9.17) is 10.5 Å². The quantitative estimate of drug-likeness (QED) is 0.801. The van der Waals surface area contributed by atoms with E-state index in [2.05, 4.69) is 31.2 Å². The van der Waals surface area contributed by atoms with Crippen molar-refractivity contribution in [3.8, 4) is 0 Å². The molecule has 0 aliphatic carbocycles. The molecule has 2 heteroatoms. The Hall–Kier alpha value is -0.860. The van der Waals surface area contributed by atoms with Gasteiger partial charge in [0.15, 0.2) is 0 Å². The Balaban J connectivity index is 2.28. The molecule has 0 amide bonds. The van der Waals surface area contributed by atoms with Crippen molar-refractivity contribution < 1.29 is 4.74 Å². The van der Waals surface area contributed by atoms with Gasteiger partial charge in [-0.15, -0.1) is 0 Å². The Morgan fingerprint density at radius 1 is 1.33 bits per heavy atom. The molecule has 1 fully saturated rings. The number of ether oxygens (including phenoxy) is 1. The number of hydrogen-bond donors (Lipinski definition) is 1. The van der Waals surface area contributed by atoms with Gasteiger partial charge in [0.2, 0.25) is 0 Å². The summed E-state index contributed by atoms with van der Waals surface area (Å²) in [6.45, 7) is 4.44. The summed E-state index contributed by atoms with van der Waals surface area (Å²) in [6.07, 6.45) is 2.26. The molecule has 82 valence electrons. The maximum atomic E-state index is 5.93. The molecule has 1 aliphatic heterocycles. The minimum absolute atomic E-state index is 0.0615. The third-order valence-electron chi connectivity index (χ3n) is 3.38. The number of nitrogens with two attached hydrogens (primary N) is 1. The van der Waals surface area contributed by atoms with Gasteiger partial charge in [-0.05, 0) is 25.3 Å². The normalized spacial score (nSPS) is 26.5. The standard InChI is InChI=1S/C13H19NO/c1-11-3-5-12(6-4-11)13(9-14)7-2-8-15-10-13/h3-6H,2,7-10,14H2,1H3. The summed E-state index contributed by atoms with van der Waals surface area (Å²) in [5, 5.41) is 0. The Morgan fingerprint density at radius 3 is 2.60 bits per heavy atom. The lowest BCUT2D eigenvalue weighted by molar-refractivity contribution is 0.0377. The predicted molar refractivity (Wildman–Crippen MR) is 62.0 cm³/mol. The predicted octanol–water partition coefficient (Wildman–Crippen LogP) is 2.00. The second kappa shape index (κ2) is 4.33. The van der Waals surface area contributed by atoms with Gasteiger partial charge in [0.05, 0.1) is 6.61 Å². The number of hydrogen-bond acceptors (Lipinski definition) is 2. The van der Waals surface area contributed by atoms with Crippen molar-refractivity contribution in [2.24, 2.45) is 5.73 Å². The molecular weight excluding hydrogens is 186 g/mol. The molecule has 1 saturated heterocycles. The molecule has 1 unspecified atom stereocenters. The van der Waals surface area contributed by atoms with Crippen LogP contribution in [0.3, 0.4) is 0 Å². The molecule has 0 saturated carbocycles. The molecule has 2 N–H and O–H groups in total. The molecule has 1 atom stereocenters. The van der Waals surface area contributed by atoms with Crippen LogP contribution in [0.5, 0.6) is 0 Å². The number of aryl methyl sites for hydroxylation is 1. The molecule has 0 spiro atoms. The van der Waals surface area contributed by atoms with E-state index >= 15 is 0 Å². The zero-order chi connectivity index (χ0) is 10.7.